The SMILES string of the molecule is CC(C)CN(CC1(CN)CCCC1)C1CCCC1. The van der Waals surface area contributed by atoms with E-state index in [1.165, 1.54) is 64.5 Å². The van der Waals surface area contributed by atoms with Gasteiger partial charge in [-0.15, -0.1) is 0 Å². The van der Waals surface area contributed by atoms with Crippen molar-refractivity contribution in [3.05, 3.63) is 0 Å². The lowest BCUT2D eigenvalue weighted by atomic mass is 9.85. The summed E-state index contributed by atoms with van der Waals surface area (Å²) in [7, 11) is 0. The van der Waals surface area contributed by atoms with Gasteiger partial charge in [-0.05, 0) is 43.6 Å². The molecule has 0 unspecified atom stereocenters. The van der Waals surface area contributed by atoms with Crippen LogP contribution in [0.2, 0.25) is 0 Å². The highest BCUT2D eigenvalue weighted by molar-refractivity contribution is 4.91. The van der Waals surface area contributed by atoms with E-state index >= 15 is 0 Å². The molecule has 2 nitrogen and oxygen atoms in total. The van der Waals surface area contributed by atoms with Gasteiger partial charge in [0.15, 0.2) is 0 Å². The lowest BCUT2D eigenvalue weighted by Crippen LogP contribution is -2.46. The molecule has 0 atom stereocenters. The Morgan fingerprint density at radius 1 is 1.11 bits per heavy atom. The minimum absolute atomic E-state index is 0.456. The summed E-state index contributed by atoms with van der Waals surface area (Å²) in [6.45, 7) is 8.14. The molecule has 0 aromatic heterocycles. The van der Waals surface area contributed by atoms with Crippen LogP contribution in [-0.4, -0.2) is 30.6 Å². The van der Waals surface area contributed by atoms with Crippen LogP contribution in [-0.2, 0) is 0 Å². The topological polar surface area (TPSA) is 29.3 Å². The van der Waals surface area contributed by atoms with Crippen LogP contribution >= 0.6 is 0 Å². The van der Waals surface area contributed by atoms with E-state index in [4.69, 9.17) is 5.73 Å². The fourth-order valence-corrected chi connectivity index (χ4v) is 4.06. The molecule has 0 aromatic rings. The van der Waals surface area contributed by atoms with Crippen molar-refractivity contribution in [2.75, 3.05) is 19.6 Å². The van der Waals surface area contributed by atoms with Crippen molar-refractivity contribution in [3.63, 3.8) is 0 Å². The van der Waals surface area contributed by atoms with Gasteiger partial charge in [-0.2, -0.15) is 0 Å². The number of hydrogen-bond donors (Lipinski definition) is 1. The van der Waals surface area contributed by atoms with Gasteiger partial charge in [-0.1, -0.05) is 39.5 Å². The zero-order chi connectivity index (χ0) is 13.0. The molecule has 0 aliphatic heterocycles. The molecule has 2 saturated carbocycles. The summed E-state index contributed by atoms with van der Waals surface area (Å²) in [5, 5.41) is 0. The van der Waals surface area contributed by atoms with Gasteiger partial charge in [-0.25, -0.2) is 0 Å². The largest absolute Gasteiger partial charge is 0.330 e. The van der Waals surface area contributed by atoms with Crippen LogP contribution in [0.4, 0.5) is 0 Å². The molecule has 2 aliphatic rings. The quantitative estimate of drug-likeness (QED) is 0.785. The number of hydrogen-bond acceptors (Lipinski definition) is 2. The average molecular weight is 252 g/mol. The Morgan fingerprint density at radius 3 is 2.22 bits per heavy atom. The van der Waals surface area contributed by atoms with Gasteiger partial charge in [0.05, 0.1) is 0 Å². The molecule has 0 saturated heterocycles. The zero-order valence-corrected chi connectivity index (χ0v) is 12.5. The molecular weight excluding hydrogens is 220 g/mol. The second-order valence-corrected chi connectivity index (χ2v) is 7.17. The first-order chi connectivity index (χ1) is 8.65. The maximum atomic E-state index is 6.12. The molecule has 0 amide bonds. The lowest BCUT2D eigenvalue weighted by molar-refractivity contribution is 0.103. The van der Waals surface area contributed by atoms with Crippen LogP contribution in [0.3, 0.4) is 0 Å². The van der Waals surface area contributed by atoms with Crippen molar-refractivity contribution in [1.82, 2.24) is 4.90 Å². The summed E-state index contributed by atoms with van der Waals surface area (Å²) >= 11 is 0. The highest BCUT2D eigenvalue weighted by Gasteiger charge is 2.36. The summed E-state index contributed by atoms with van der Waals surface area (Å²) in [5.74, 6) is 0.779. The minimum Gasteiger partial charge on any atom is -0.330 e. The summed E-state index contributed by atoms with van der Waals surface area (Å²) in [6, 6.07) is 0.858. The van der Waals surface area contributed by atoms with E-state index in [9.17, 15) is 0 Å². The van der Waals surface area contributed by atoms with Crippen molar-refractivity contribution in [2.45, 2.75) is 71.3 Å². The molecule has 0 heterocycles. The molecule has 2 heteroatoms. The molecule has 2 rings (SSSR count). The first-order valence-electron chi connectivity index (χ1n) is 8.09. The van der Waals surface area contributed by atoms with Gasteiger partial charge in [-0.3, -0.25) is 4.90 Å². The Labute approximate surface area is 113 Å². The van der Waals surface area contributed by atoms with Gasteiger partial charge in [0.2, 0.25) is 0 Å². The van der Waals surface area contributed by atoms with Gasteiger partial charge >= 0.3 is 0 Å². The third kappa shape index (κ3) is 3.48. The molecule has 2 fully saturated rings. The number of nitrogens with zero attached hydrogens (tertiary/aromatic N) is 1. The van der Waals surface area contributed by atoms with Gasteiger partial charge in [0.1, 0.15) is 0 Å². The van der Waals surface area contributed by atoms with Crippen LogP contribution in [0.25, 0.3) is 0 Å². The summed E-state index contributed by atoms with van der Waals surface area (Å²) in [5.41, 5.74) is 6.58. The van der Waals surface area contributed by atoms with Crippen LogP contribution in [0.5, 0.6) is 0 Å². The van der Waals surface area contributed by atoms with E-state index in [0.29, 0.717) is 5.41 Å². The molecule has 0 radical (unpaired) electrons. The van der Waals surface area contributed by atoms with Crippen LogP contribution in [0.15, 0.2) is 0 Å². The smallest absolute Gasteiger partial charge is 0.00956 e. The number of nitrogens with two attached hydrogens (primary N) is 1. The van der Waals surface area contributed by atoms with Crippen molar-refractivity contribution in [2.24, 2.45) is 17.1 Å². The Bertz CT molecular complexity index is 237. The number of rotatable bonds is 6. The van der Waals surface area contributed by atoms with Crippen molar-refractivity contribution in [1.29, 1.82) is 0 Å². The van der Waals surface area contributed by atoms with Crippen LogP contribution in [0.1, 0.15) is 65.2 Å². The molecule has 0 bridgehead atoms. The van der Waals surface area contributed by atoms with Gasteiger partial charge in [0.25, 0.3) is 0 Å². The molecule has 2 aliphatic carbocycles. The van der Waals surface area contributed by atoms with E-state index < -0.39 is 0 Å². The molecule has 2 N–H and O–H groups in total. The van der Waals surface area contributed by atoms with Crippen molar-refractivity contribution < 1.29 is 0 Å². The third-order valence-electron chi connectivity index (χ3n) is 5.08. The summed E-state index contributed by atoms with van der Waals surface area (Å²) in [4.78, 5) is 2.80. The molecule has 18 heavy (non-hydrogen) atoms. The van der Waals surface area contributed by atoms with Gasteiger partial charge < -0.3 is 5.73 Å². The lowest BCUT2D eigenvalue weighted by Gasteiger charge is -2.39. The maximum absolute atomic E-state index is 6.12. The highest BCUT2D eigenvalue weighted by atomic mass is 15.2. The van der Waals surface area contributed by atoms with E-state index in [0.717, 1.165) is 18.5 Å². The normalized spacial score (nSPS) is 24.5. The van der Waals surface area contributed by atoms with Crippen molar-refractivity contribution >= 4 is 0 Å². The van der Waals surface area contributed by atoms with Crippen LogP contribution < -0.4 is 5.73 Å². The molecule has 106 valence electrons. The third-order valence-corrected chi connectivity index (χ3v) is 5.08. The van der Waals surface area contributed by atoms with E-state index in [1.807, 2.05) is 0 Å². The second kappa shape index (κ2) is 6.38. The Kier molecular flexibility index (Phi) is 5.08. The Hall–Kier alpha value is -0.0800. The standard InChI is InChI=1S/C16H32N2/c1-14(2)11-18(15-7-3-4-8-15)13-16(12-17)9-5-6-10-16/h14-15H,3-13,17H2,1-2H3. The first-order valence-corrected chi connectivity index (χ1v) is 8.09. The average Bonchev–Trinajstić information content (AvgIpc) is 2.99. The van der Waals surface area contributed by atoms with E-state index in [-0.39, 0.29) is 0 Å². The van der Waals surface area contributed by atoms with Crippen molar-refractivity contribution in [3.8, 4) is 0 Å². The fourth-order valence-electron chi connectivity index (χ4n) is 4.06. The molecule has 0 aromatic carbocycles. The predicted octanol–water partition coefficient (Wildman–Crippen LogP) is 3.41. The highest BCUT2D eigenvalue weighted by Crippen LogP contribution is 2.39. The zero-order valence-electron chi connectivity index (χ0n) is 12.5. The Morgan fingerprint density at radius 2 is 1.72 bits per heavy atom. The monoisotopic (exact) mass is 252 g/mol. The summed E-state index contributed by atoms with van der Waals surface area (Å²) in [6.07, 6.45) is 11.3. The Balaban J connectivity index is 1.98. The molecular formula is C16H32N2. The van der Waals surface area contributed by atoms with E-state index in [2.05, 4.69) is 18.7 Å². The first kappa shape index (κ1) is 14.3. The fraction of sp³-hybridized carbons (Fsp3) is 1.00. The summed E-state index contributed by atoms with van der Waals surface area (Å²) < 4.78 is 0. The second-order valence-electron chi connectivity index (χ2n) is 7.17. The van der Waals surface area contributed by atoms with E-state index in [1.54, 1.807) is 0 Å². The molecule has 0 spiro atoms. The maximum Gasteiger partial charge on any atom is 0.00956 e. The predicted molar refractivity (Wildman–Crippen MR) is 78.6 cm³/mol. The van der Waals surface area contributed by atoms with Gasteiger partial charge in [0, 0.05) is 19.1 Å². The minimum atomic E-state index is 0.456. The van der Waals surface area contributed by atoms with Crippen LogP contribution in [0, 0.1) is 11.3 Å².